The molecule has 1 aromatic heterocycles. The Morgan fingerprint density at radius 1 is 1.00 bits per heavy atom. The number of carbonyl (C=O) groups is 2. The molecule has 4 rings (SSSR count). The van der Waals surface area contributed by atoms with E-state index in [0.717, 1.165) is 0 Å². The highest BCUT2D eigenvalue weighted by Gasteiger charge is 2.44. The van der Waals surface area contributed by atoms with Crippen LogP contribution in [0.25, 0.3) is 11.0 Å². The quantitative estimate of drug-likeness (QED) is 0.467. The monoisotopic (exact) mass is 410 g/mol. The highest BCUT2D eigenvalue weighted by molar-refractivity contribution is 5.88. The van der Waals surface area contributed by atoms with Gasteiger partial charge in [0.25, 0.3) is 0 Å². The van der Waals surface area contributed by atoms with Gasteiger partial charge in [0.05, 0.1) is 31.1 Å². The van der Waals surface area contributed by atoms with E-state index in [9.17, 15) is 14.4 Å². The van der Waals surface area contributed by atoms with E-state index in [1.807, 2.05) is 0 Å². The SMILES string of the molecule is COC(=O)COc1ccc([C@H]2c3c(c4ccccc4oc3=O)O[C@@H]2C(=O)OC)cc1. The summed E-state index contributed by atoms with van der Waals surface area (Å²) < 4.78 is 26.2. The summed E-state index contributed by atoms with van der Waals surface area (Å²) in [4.78, 5) is 36.4. The van der Waals surface area contributed by atoms with E-state index in [1.54, 1.807) is 48.5 Å². The lowest BCUT2D eigenvalue weighted by atomic mass is 9.88. The molecule has 154 valence electrons. The van der Waals surface area contributed by atoms with Crippen molar-refractivity contribution in [3.8, 4) is 11.5 Å². The zero-order chi connectivity index (χ0) is 21.3. The maximum atomic E-state index is 12.8. The Morgan fingerprint density at radius 3 is 2.43 bits per heavy atom. The van der Waals surface area contributed by atoms with Crippen LogP contribution in [-0.2, 0) is 19.1 Å². The van der Waals surface area contributed by atoms with Crippen molar-refractivity contribution in [2.75, 3.05) is 20.8 Å². The molecule has 0 radical (unpaired) electrons. The van der Waals surface area contributed by atoms with Gasteiger partial charge in [-0.2, -0.15) is 0 Å². The summed E-state index contributed by atoms with van der Waals surface area (Å²) in [5, 5.41) is 0.599. The highest BCUT2D eigenvalue weighted by atomic mass is 16.6. The Labute approximate surface area is 170 Å². The van der Waals surface area contributed by atoms with Crippen molar-refractivity contribution < 1.29 is 33.0 Å². The van der Waals surface area contributed by atoms with Gasteiger partial charge in [0.15, 0.2) is 6.61 Å². The van der Waals surface area contributed by atoms with Crippen LogP contribution in [0.3, 0.4) is 0 Å². The average Bonchev–Trinajstić information content (AvgIpc) is 3.19. The van der Waals surface area contributed by atoms with Crippen molar-refractivity contribution in [3.63, 3.8) is 0 Å². The Morgan fingerprint density at radius 2 is 1.73 bits per heavy atom. The van der Waals surface area contributed by atoms with Crippen LogP contribution in [0.4, 0.5) is 0 Å². The minimum Gasteiger partial charge on any atom is -0.482 e. The summed E-state index contributed by atoms with van der Waals surface area (Å²) in [6.07, 6.45) is -1.04. The molecular weight excluding hydrogens is 392 g/mol. The molecule has 2 atom stereocenters. The number of carbonyl (C=O) groups excluding carboxylic acids is 2. The molecule has 0 unspecified atom stereocenters. The number of methoxy groups -OCH3 is 2. The molecule has 0 fully saturated rings. The summed E-state index contributed by atoms with van der Waals surface area (Å²) in [5.41, 5.74) is 0.688. The van der Waals surface area contributed by atoms with Crippen LogP contribution < -0.4 is 15.1 Å². The van der Waals surface area contributed by atoms with Crippen molar-refractivity contribution in [1.29, 1.82) is 0 Å². The zero-order valence-corrected chi connectivity index (χ0v) is 16.2. The maximum absolute atomic E-state index is 12.8. The Kier molecular flexibility index (Phi) is 5.14. The third-order valence-electron chi connectivity index (χ3n) is 4.91. The van der Waals surface area contributed by atoms with Crippen LogP contribution in [0.5, 0.6) is 11.5 Å². The van der Waals surface area contributed by atoms with Gasteiger partial charge >= 0.3 is 17.6 Å². The topological polar surface area (TPSA) is 101 Å². The first kappa shape index (κ1) is 19.5. The molecule has 0 saturated carbocycles. The summed E-state index contributed by atoms with van der Waals surface area (Å²) in [6.45, 7) is -0.231. The molecule has 0 N–H and O–H groups in total. The molecule has 0 saturated heterocycles. The molecule has 0 aliphatic carbocycles. The Hall–Kier alpha value is -3.81. The first-order valence-electron chi connectivity index (χ1n) is 9.13. The molecule has 8 heteroatoms. The first-order valence-corrected chi connectivity index (χ1v) is 9.13. The fraction of sp³-hybridized carbons (Fsp3) is 0.227. The minimum atomic E-state index is -1.04. The third-order valence-corrected chi connectivity index (χ3v) is 4.91. The second-order valence-corrected chi connectivity index (χ2v) is 6.60. The summed E-state index contributed by atoms with van der Waals surface area (Å²) in [7, 11) is 2.53. The van der Waals surface area contributed by atoms with E-state index in [2.05, 4.69) is 4.74 Å². The van der Waals surface area contributed by atoms with Gasteiger partial charge in [-0.25, -0.2) is 14.4 Å². The van der Waals surface area contributed by atoms with Crippen LogP contribution in [0.1, 0.15) is 17.0 Å². The molecule has 2 heterocycles. The minimum absolute atomic E-state index is 0.231. The van der Waals surface area contributed by atoms with Gasteiger partial charge in [-0.15, -0.1) is 0 Å². The molecule has 1 aliphatic rings. The second kappa shape index (κ2) is 7.90. The van der Waals surface area contributed by atoms with Crippen LogP contribution in [0.2, 0.25) is 0 Å². The number of hydrogen-bond donors (Lipinski definition) is 0. The number of hydrogen-bond acceptors (Lipinski definition) is 8. The first-order chi connectivity index (χ1) is 14.5. The van der Waals surface area contributed by atoms with Crippen molar-refractivity contribution in [2.45, 2.75) is 12.0 Å². The molecule has 30 heavy (non-hydrogen) atoms. The van der Waals surface area contributed by atoms with Gasteiger partial charge in [0.1, 0.15) is 17.1 Å². The van der Waals surface area contributed by atoms with Crippen molar-refractivity contribution in [2.24, 2.45) is 0 Å². The van der Waals surface area contributed by atoms with E-state index in [0.29, 0.717) is 28.0 Å². The number of para-hydroxylation sites is 1. The van der Waals surface area contributed by atoms with E-state index in [1.165, 1.54) is 14.2 Å². The van der Waals surface area contributed by atoms with Gasteiger partial charge in [-0.3, -0.25) is 0 Å². The van der Waals surface area contributed by atoms with Crippen LogP contribution in [0.15, 0.2) is 57.7 Å². The molecule has 0 amide bonds. The lowest BCUT2D eigenvalue weighted by Gasteiger charge is -2.17. The summed E-state index contributed by atoms with van der Waals surface area (Å²) in [6, 6.07) is 13.6. The molecular formula is C22H18O8. The molecule has 0 bridgehead atoms. The standard InChI is InChI=1S/C22H18O8/c1-26-16(23)11-28-13-9-7-12(8-10-13)17-18-19(30-20(17)22(25)27-2)14-5-3-4-6-15(14)29-21(18)24/h3-10,17,20H,11H2,1-2H3/t17-,20-/m0/s1. The van der Waals surface area contributed by atoms with Crippen LogP contribution >= 0.6 is 0 Å². The van der Waals surface area contributed by atoms with Crippen LogP contribution in [-0.4, -0.2) is 38.9 Å². The predicted octanol–water partition coefficient (Wildman–Crippen LogP) is 2.41. The highest BCUT2D eigenvalue weighted by Crippen LogP contribution is 2.44. The number of fused-ring (bicyclic) bond motifs is 3. The number of benzene rings is 2. The Bertz CT molecular complexity index is 1160. The fourth-order valence-electron chi connectivity index (χ4n) is 3.49. The molecule has 0 spiro atoms. The van der Waals surface area contributed by atoms with Gasteiger partial charge in [0, 0.05) is 0 Å². The summed E-state index contributed by atoms with van der Waals surface area (Å²) >= 11 is 0. The van der Waals surface area contributed by atoms with E-state index in [-0.39, 0.29) is 12.2 Å². The van der Waals surface area contributed by atoms with Gasteiger partial charge in [-0.05, 0) is 29.8 Å². The lowest BCUT2D eigenvalue weighted by molar-refractivity contribution is -0.148. The molecule has 3 aromatic rings. The summed E-state index contributed by atoms with van der Waals surface area (Å²) in [5.74, 6) is -1.09. The maximum Gasteiger partial charge on any atom is 0.348 e. The smallest absolute Gasteiger partial charge is 0.348 e. The molecule has 8 nitrogen and oxygen atoms in total. The van der Waals surface area contributed by atoms with Crippen molar-refractivity contribution in [3.05, 3.63) is 70.1 Å². The zero-order valence-electron chi connectivity index (χ0n) is 16.2. The number of esters is 2. The Balaban J connectivity index is 1.76. The van der Waals surface area contributed by atoms with Crippen molar-refractivity contribution >= 4 is 22.9 Å². The van der Waals surface area contributed by atoms with E-state index < -0.39 is 29.6 Å². The molecule has 2 aromatic carbocycles. The van der Waals surface area contributed by atoms with Crippen LogP contribution in [0, 0.1) is 0 Å². The molecule has 1 aliphatic heterocycles. The number of ether oxygens (including phenoxy) is 4. The van der Waals surface area contributed by atoms with Crippen molar-refractivity contribution in [1.82, 2.24) is 0 Å². The van der Waals surface area contributed by atoms with Gasteiger partial charge in [-0.1, -0.05) is 24.3 Å². The van der Waals surface area contributed by atoms with Gasteiger partial charge in [0.2, 0.25) is 6.10 Å². The predicted molar refractivity (Wildman–Crippen MR) is 105 cm³/mol. The van der Waals surface area contributed by atoms with E-state index >= 15 is 0 Å². The second-order valence-electron chi connectivity index (χ2n) is 6.60. The van der Waals surface area contributed by atoms with Gasteiger partial charge < -0.3 is 23.4 Å². The van der Waals surface area contributed by atoms with E-state index in [4.69, 9.17) is 18.6 Å². The largest absolute Gasteiger partial charge is 0.482 e. The average molecular weight is 410 g/mol. The normalized spacial score (nSPS) is 17.1. The fourth-order valence-corrected chi connectivity index (χ4v) is 3.49. The lowest BCUT2D eigenvalue weighted by Crippen LogP contribution is -2.31. The third kappa shape index (κ3) is 3.36. The number of rotatable bonds is 5.